The average molecular weight is 212 g/mol. The van der Waals surface area contributed by atoms with Crippen molar-refractivity contribution in [1.82, 2.24) is 10.3 Å². The van der Waals surface area contributed by atoms with E-state index >= 15 is 0 Å². The summed E-state index contributed by atoms with van der Waals surface area (Å²) in [5.41, 5.74) is 0.476. The van der Waals surface area contributed by atoms with Crippen LogP contribution < -0.4 is 5.32 Å². The van der Waals surface area contributed by atoms with Gasteiger partial charge in [-0.3, -0.25) is 4.79 Å². The van der Waals surface area contributed by atoms with Gasteiger partial charge in [-0.1, -0.05) is 0 Å². The van der Waals surface area contributed by atoms with Crippen molar-refractivity contribution in [3.63, 3.8) is 0 Å². The highest BCUT2D eigenvalue weighted by atomic mass is 16.5. The van der Waals surface area contributed by atoms with Crippen LogP contribution in [0, 0.1) is 6.92 Å². The standard InChI is InChI=1S/C9H12N2O4/c1-5-7(15-4-10-5)8(12)11-6(2)9(13)14-3/h4,6H,1-3H3,(H,11,12). The van der Waals surface area contributed by atoms with Crippen LogP contribution in [-0.4, -0.2) is 30.0 Å². The summed E-state index contributed by atoms with van der Waals surface area (Å²) >= 11 is 0. The number of nitrogens with one attached hydrogen (secondary N) is 1. The van der Waals surface area contributed by atoms with Crippen LogP contribution in [0.15, 0.2) is 10.8 Å². The van der Waals surface area contributed by atoms with Crippen LogP contribution in [0.25, 0.3) is 0 Å². The van der Waals surface area contributed by atoms with Crippen molar-refractivity contribution in [3.8, 4) is 0 Å². The Labute approximate surface area is 86.6 Å². The summed E-state index contributed by atoms with van der Waals surface area (Å²) in [5, 5.41) is 2.43. The molecule has 1 rings (SSSR count). The molecule has 1 N–H and O–H groups in total. The van der Waals surface area contributed by atoms with Gasteiger partial charge in [0.1, 0.15) is 6.04 Å². The van der Waals surface area contributed by atoms with E-state index in [9.17, 15) is 9.59 Å². The van der Waals surface area contributed by atoms with E-state index in [1.165, 1.54) is 20.4 Å². The first kappa shape index (κ1) is 11.2. The Kier molecular flexibility index (Phi) is 3.43. The van der Waals surface area contributed by atoms with Gasteiger partial charge in [0, 0.05) is 0 Å². The van der Waals surface area contributed by atoms with Crippen molar-refractivity contribution in [2.45, 2.75) is 19.9 Å². The zero-order chi connectivity index (χ0) is 11.4. The molecule has 1 aromatic heterocycles. The minimum absolute atomic E-state index is 0.103. The quantitative estimate of drug-likeness (QED) is 0.727. The first-order valence-corrected chi connectivity index (χ1v) is 4.35. The number of rotatable bonds is 3. The molecule has 0 fully saturated rings. The van der Waals surface area contributed by atoms with E-state index < -0.39 is 17.9 Å². The molecule has 1 atom stereocenters. The largest absolute Gasteiger partial charge is 0.467 e. The summed E-state index contributed by atoms with van der Waals surface area (Å²) in [4.78, 5) is 26.3. The maximum atomic E-state index is 11.5. The number of methoxy groups -OCH3 is 1. The summed E-state index contributed by atoms with van der Waals surface area (Å²) in [6.45, 7) is 3.16. The van der Waals surface area contributed by atoms with Gasteiger partial charge in [-0.15, -0.1) is 0 Å². The smallest absolute Gasteiger partial charge is 0.328 e. The molecule has 1 unspecified atom stereocenters. The molecule has 0 bridgehead atoms. The molecular weight excluding hydrogens is 200 g/mol. The zero-order valence-electron chi connectivity index (χ0n) is 8.73. The van der Waals surface area contributed by atoms with Crippen LogP contribution >= 0.6 is 0 Å². The number of nitrogens with zero attached hydrogens (tertiary/aromatic N) is 1. The average Bonchev–Trinajstić information content (AvgIpc) is 2.63. The highest BCUT2D eigenvalue weighted by Gasteiger charge is 2.20. The van der Waals surface area contributed by atoms with Gasteiger partial charge < -0.3 is 14.5 Å². The number of oxazole rings is 1. The Morgan fingerprint density at radius 2 is 2.27 bits per heavy atom. The van der Waals surface area contributed by atoms with Gasteiger partial charge in [0.2, 0.25) is 5.76 Å². The van der Waals surface area contributed by atoms with Crippen LogP contribution in [0.3, 0.4) is 0 Å². The summed E-state index contributed by atoms with van der Waals surface area (Å²) in [5.74, 6) is -0.894. The molecule has 0 saturated carbocycles. The Morgan fingerprint density at radius 3 is 2.73 bits per heavy atom. The van der Waals surface area contributed by atoms with E-state index in [0.29, 0.717) is 5.69 Å². The number of hydrogen-bond donors (Lipinski definition) is 1. The first-order valence-electron chi connectivity index (χ1n) is 4.35. The fourth-order valence-electron chi connectivity index (χ4n) is 1.02. The molecule has 15 heavy (non-hydrogen) atoms. The predicted octanol–water partition coefficient (Wildman–Crippen LogP) is 0.274. The lowest BCUT2D eigenvalue weighted by molar-refractivity contribution is -0.142. The molecule has 0 aliphatic carbocycles. The van der Waals surface area contributed by atoms with Crippen molar-refractivity contribution in [2.75, 3.05) is 7.11 Å². The molecule has 0 spiro atoms. The van der Waals surface area contributed by atoms with Crippen LogP contribution in [0.5, 0.6) is 0 Å². The zero-order valence-corrected chi connectivity index (χ0v) is 8.73. The lowest BCUT2D eigenvalue weighted by Crippen LogP contribution is -2.39. The van der Waals surface area contributed by atoms with E-state index in [-0.39, 0.29) is 5.76 Å². The summed E-state index contributed by atoms with van der Waals surface area (Å²) in [7, 11) is 1.25. The van der Waals surface area contributed by atoms with Crippen LogP contribution in [0.1, 0.15) is 23.2 Å². The lowest BCUT2D eigenvalue weighted by atomic mass is 10.3. The normalized spacial score (nSPS) is 11.9. The Bertz CT molecular complexity index is 372. The second-order valence-electron chi connectivity index (χ2n) is 2.99. The van der Waals surface area contributed by atoms with Crippen molar-refractivity contribution < 1.29 is 18.7 Å². The number of hydrogen-bond acceptors (Lipinski definition) is 5. The monoisotopic (exact) mass is 212 g/mol. The molecule has 1 aromatic rings. The van der Waals surface area contributed by atoms with E-state index in [1.807, 2.05) is 0 Å². The second-order valence-corrected chi connectivity index (χ2v) is 2.99. The van der Waals surface area contributed by atoms with Gasteiger partial charge in [-0.2, -0.15) is 0 Å². The topological polar surface area (TPSA) is 81.4 Å². The Balaban J connectivity index is 2.64. The van der Waals surface area contributed by atoms with Gasteiger partial charge >= 0.3 is 5.97 Å². The number of aryl methyl sites for hydroxylation is 1. The minimum Gasteiger partial charge on any atom is -0.467 e. The van der Waals surface area contributed by atoms with E-state index in [1.54, 1.807) is 6.92 Å². The molecule has 1 amide bonds. The van der Waals surface area contributed by atoms with Gasteiger partial charge in [-0.05, 0) is 13.8 Å². The summed E-state index contributed by atoms with van der Waals surface area (Å²) < 4.78 is 9.33. The van der Waals surface area contributed by atoms with E-state index in [4.69, 9.17) is 4.42 Å². The number of amides is 1. The first-order chi connectivity index (χ1) is 7.06. The Morgan fingerprint density at radius 1 is 1.60 bits per heavy atom. The van der Waals surface area contributed by atoms with Gasteiger partial charge in [0.15, 0.2) is 6.39 Å². The summed E-state index contributed by atoms with van der Waals surface area (Å²) in [6.07, 6.45) is 1.17. The number of ether oxygens (including phenoxy) is 1. The fourth-order valence-corrected chi connectivity index (χ4v) is 1.02. The molecule has 6 heteroatoms. The molecule has 6 nitrogen and oxygen atoms in total. The number of esters is 1. The number of aromatic nitrogens is 1. The maximum absolute atomic E-state index is 11.5. The third-order valence-electron chi connectivity index (χ3n) is 1.85. The fraction of sp³-hybridized carbons (Fsp3) is 0.444. The highest BCUT2D eigenvalue weighted by molar-refractivity contribution is 5.95. The van der Waals surface area contributed by atoms with Crippen molar-refractivity contribution >= 4 is 11.9 Å². The lowest BCUT2D eigenvalue weighted by Gasteiger charge is -2.09. The van der Waals surface area contributed by atoms with Crippen LogP contribution in [0.2, 0.25) is 0 Å². The molecule has 0 saturated heterocycles. The molecule has 0 aliphatic heterocycles. The van der Waals surface area contributed by atoms with E-state index in [2.05, 4.69) is 15.0 Å². The van der Waals surface area contributed by atoms with Crippen molar-refractivity contribution in [2.24, 2.45) is 0 Å². The third kappa shape index (κ3) is 2.55. The van der Waals surface area contributed by atoms with Crippen molar-refractivity contribution in [3.05, 3.63) is 17.8 Å². The van der Waals surface area contributed by atoms with E-state index in [0.717, 1.165) is 0 Å². The van der Waals surface area contributed by atoms with Crippen molar-refractivity contribution in [1.29, 1.82) is 0 Å². The molecule has 0 radical (unpaired) electrons. The maximum Gasteiger partial charge on any atom is 0.328 e. The van der Waals surface area contributed by atoms with Gasteiger partial charge in [-0.25, -0.2) is 9.78 Å². The number of carbonyl (C=O) groups excluding carboxylic acids is 2. The predicted molar refractivity (Wildman–Crippen MR) is 50.2 cm³/mol. The molecule has 0 aliphatic rings. The second kappa shape index (κ2) is 4.59. The molecular formula is C9H12N2O4. The summed E-state index contributed by atoms with van der Waals surface area (Å²) in [6, 6.07) is -0.716. The van der Waals surface area contributed by atoms with Gasteiger partial charge in [0.05, 0.1) is 12.8 Å². The Hall–Kier alpha value is -1.85. The minimum atomic E-state index is -0.716. The number of carbonyl (C=O) groups is 2. The molecule has 82 valence electrons. The van der Waals surface area contributed by atoms with Crippen LogP contribution in [0.4, 0.5) is 0 Å². The van der Waals surface area contributed by atoms with Crippen LogP contribution in [-0.2, 0) is 9.53 Å². The highest BCUT2D eigenvalue weighted by Crippen LogP contribution is 2.04. The molecule has 0 aromatic carbocycles. The third-order valence-corrected chi connectivity index (χ3v) is 1.85. The SMILES string of the molecule is COC(=O)C(C)NC(=O)c1ocnc1C. The van der Waals surface area contributed by atoms with Gasteiger partial charge in [0.25, 0.3) is 5.91 Å². The molecule has 1 heterocycles.